The Hall–Kier alpha value is -2.73. The number of para-hydroxylation sites is 1. The highest BCUT2D eigenvalue weighted by atomic mass is 32.2. The summed E-state index contributed by atoms with van der Waals surface area (Å²) in [6, 6.07) is 19.4. The normalized spacial score (nSPS) is 16.5. The van der Waals surface area contributed by atoms with Crippen molar-refractivity contribution >= 4 is 21.6 Å². The molecule has 158 valence electrons. The van der Waals surface area contributed by atoms with Gasteiger partial charge in [0.05, 0.1) is 23.4 Å². The summed E-state index contributed by atoms with van der Waals surface area (Å²) in [5, 5.41) is 8.97. The van der Waals surface area contributed by atoms with Gasteiger partial charge < -0.3 is 4.90 Å². The predicted molar refractivity (Wildman–Crippen MR) is 115 cm³/mol. The highest BCUT2D eigenvalue weighted by Crippen LogP contribution is 2.20. The fourth-order valence-electron chi connectivity index (χ4n) is 3.59. The summed E-state index contributed by atoms with van der Waals surface area (Å²) >= 11 is 0. The number of nitrogens with zero attached hydrogens (tertiary/aromatic N) is 4. The van der Waals surface area contributed by atoms with Crippen LogP contribution < -0.4 is 4.90 Å². The number of carbonyl (C=O) groups is 1. The zero-order valence-corrected chi connectivity index (χ0v) is 17.8. The van der Waals surface area contributed by atoms with E-state index in [1.54, 1.807) is 35.2 Å². The van der Waals surface area contributed by atoms with Gasteiger partial charge in [-0.15, -0.1) is 0 Å². The first-order chi connectivity index (χ1) is 14.4. The Morgan fingerprint density at radius 3 is 2.17 bits per heavy atom. The van der Waals surface area contributed by atoms with Crippen molar-refractivity contribution in [2.45, 2.75) is 24.3 Å². The number of rotatable bonds is 7. The van der Waals surface area contributed by atoms with Crippen LogP contribution in [-0.4, -0.2) is 62.3 Å². The zero-order chi connectivity index (χ0) is 21.6. The summed E-state index contributed by atoms with van der Waals surface area (Å²) in [7, 11) is -3.53. The van der Waals surface area contributed by atoms with Crippen LogP contribution in [0.4, 0.5) is 5.69 Å². The summed E-state index contributed by atoms with van der Waals surface area (Å²) in [6.07, 6.45) is 0.246. The second kappa shape index (κ2) is 9.85. The maximum atomic E-state index is 13.2. The number of anilines is 1. The molecule has 2 aromatic carbocycles. The molecule has 1 fully saturated rings. The van der Waals surface area contributed by atoms with Gasteiger partial charge in [0, 0.05) is 38.4 Å². The molecule has 0 aromatic heterocycles. The van der Waals surface area contributed by atoms with Gasteiger partial charge in [0.25, 0.3) is 0 Å². The van der Waals surface area contributed by atoms with Crippen molar-refractivity contribution in [1.29, 1.82) is 5.26 Å². The molecule has 3 rings (SSSR count). The second-order valence-corrected chi connectivity index (χ2v) is 9.10. The van der Waals surface area contributed by atoms with Crippen LogP contribution in [0.1, 0.15) is 13.3 Å². The summed E-state index contributed by atoms with van der Waals surface area (Å²) in [4.78, 5) is 17.1. The van der Waals surface area contributed by atoms with Crippen molar-refractivity contribution in [3.63, 3.8) is 0 Å². The third-order valence-corrected chi connectivity index (χ3v) is 7.25. The van der Waals surface area contributed by atoms with E-state index in [0.29, 0.717) is 32.7 Å². The quantitative estimate of drug-likeness (QED) is 0.678. The average molecular weight is 427 g/mol. The molecular formula is C22H26N4O3S. The lowest BCUT2D eigenvalue weighted by molar-refractivity contribution is -0.123. The molecule has 7 nitrogen and oxygen atoms in total. The Balaban J connectivity index is 1.67. The molecular weight excluding hydrogens is 400 g/mol. The minimum Gasteiger partial charge on any atom is -0.310 e. The van der Waals surface area contributed by atoms with Gasteiger partial charge >= 0.3 is 0 Å². The van der Waals surface area contributed by atoms with Crippen LogP contribution in [0.25, 0.3) is 0 Å². The van der Waals surface area contributed by atoms with E-state index in [1.165, 1.54) is 4.31 Å². The van der Waals surface area contributed by atoms with Crippen LogP contribution in [0.2, 0.25) is 0 Å². The molecule has 1 aliphatic heterocycles. The number of hydrogen-bond donors (Lipinski definition) is 0. The van der Waals surface area contributed by atoms with Crippen molar-refractivity contribution in [3.05, 3.63) is 60.7 Å². The van der Waals surface area contributed by atoms with Gasteiger partial charge in [-0.25, -0.2) is 8.42 Å². The van der Waals surface area contributed by atoms with Crippen molar-refractivity contribution in [3.8, 4) is 6.07 Å². The lowest BCUT2D eigenvalue weighted by Gasteiger charge is -2.38. The van der Waals surface area contributed by atoms with E-state index < -0.39 is 16.1 Å². The minimum atomic E-state index is -3.53. The number of sulfonamides is 1. The highest BCUT2D eigenvalue weighted by molar-refractivity contribution is 7.89. The van der Waals surface area contributed by atoms with Crippen LogP contribution in [0.15, 0.2) is 65.6 Å². The number of benzene rings is 2. The van der Waals surface area contributed by atoms with Crippen LogP contribution in [0, 0.1) is 11.3 Å². The summed E-state index contributed by atoms with van der Waals surface area (Å²) < 4.78 is 27.1. The van der Waals surface area contributed by atoms with E-state index in [0.717, 1.165) is 5.69 Å². The van der Waals surface area contributed by atoms with Crippen LogP contribution >= 0.6 is 0 Å². The molecule has 0 unspecified atom stereocenters. The van der Waals surface area contributed by atoms with E-state index in [-0.39, 0.29) is 17.2 Å². The van der Waals surface area contributed by atoms with E-state index in [4.69, 9.17) is 5.26 Å². The molecule has 1 aliphatic rings. The summed E-state index contributed by atoms with van der Waals surface area (Å²) in [6.45, 7) is 3.77. The number of nitriles is 1. The molecule has 8 heteroatoms. The number of piperazine rings is 1. The first-order valence-electron chi connectivity index (χ1n) is 9.98. The maximum Gasteiger partial charge on any atom is 0.244 e. The fourth-order valence-corrected chi connectivity index (χ4v) is 5.03. The molecule has 1 atom stereocenters. The van der Waals surface area contributed by atoms with Crippen LogP contribution in [0.5, 0.6) is 0 Å². The molecule has 30 heavy (non-hydrogen) atoms. The summed E-state index contributed by atoms with van der Waals surface area (Å²) in [5.74, 6) is -0.0872. The Kier molecular flexibility index (Phi) is 7.21. The Bertz CT molecular complexity index is 982. The molecule has 0 radical (unpaired) electrons. The van der Waals surface area contributed by atoms with Gasteiger partial charge in [-0.2, -0.15) is 9.57 Å². The Morgan fingerprint density at radius 1 is 1.03 bits per heavy atom. The third kappa shape index (κ3) is 4.87. The third-order valence-electron chi connectivity index (χ3n) is 5.34. The smallest absolute Gasteiger partial charge is 0.244 e. The van der Waals surface area contributed by atoms with Gasteiger partial charge in [-0.05, 0) is 31.2 Å². The molecule has 0 spiro atoms. The SMILES string of the molecule is C[C@@H](C(=O)N(CCC#N)c1ccccc1)N1CCN(S(=O)(=O)c2ccccc2)CC1. The second-order valence-electron chi connectivity index (χ2n) is 7.16. The van der Waals surface area contributed by atoms with Gasteiger partial charge in [-0.3, -0.25) is 9.69 Å². The largest absolute Gasteiger partial charge is 0.310 e. The van der Waals surface area contributed by atoms with Crippen molar-refractivity contribution < 1.29 is 13.2 Å². The zero-order valence-electron chi connectivity index (χ0n) is 17.0. The molecule has 0 bridgehead atoms. The van der Waals surface area contributed by atoms with Gasteiger partial charge in [-0.1, -0.05) is 36.4 Å². The number of carbonyl (C=O) groups excluding carboxylic acids is 1. The lowest BCUT2D eigenvalue weighted by atomic mass is 10.2. The number of hydrogen-bond acceptors (Lipinski definition) is 5. The summed E-state index contributed by atoms with van der Waals surface area (Å²) in [5.41, 5.74) is 0.759. The molecule has 0 N–H and O–H groups in total. The molecule has 0 aliphatic carbocycles. The molecule has 0 saturated carbocycles. The van der Waals surface area contributed by atoms with Crippen LogP contribution in [0.3, 0.4) is 0 Å². The minimum absolute atomic E-state index is 0.0872. The van der Waals surface area contributed by atoms with Crippen molar-refractivity contribution in [2.75, 3.05) is 37.6 Å². The molecule has 1 saturated heterocycles. The number of amides is 1. The first kappa shape index (κ1) is 22.0. The monoisotopic (exact) mass is 426 g/mol. The predicted octanol–water partition coefficient (Wildman–Crippen LogP) is 2.33. The van der Waals surface area contributed by atoms with Crippen LogP contribution in [-0.2, 0) is 14.8 Å². The van der Waals surface area contributed by atoms with E-state index in [9.17, 15) is 13.2 Å². The van der Waals surface area contributed by atoms with Crippen molar-refractivity contribution in [1.82, 2.24) is 9.21 Å². The Labute approximate surface area is 178 Å². The van der Waals surface area contributed by atoms with Gasteiger partial charge in [0.15, 0.2) is 0 Å². The molecule has 1 heterocycles. The van der Waals surface area contributed by atoms with Gasteiger partial charge in [0.2, 0.25) is 15.9 Å². The van der Waals surface area contributed by atoms with E-state index in [1.807, 2.05) is 42.2 Å². The lowest BCUT2D eigenvalue weighted by Crippen LogP contribution is -2.55. The van der Waals surface area contributed by atoms with Gasteiger partial charge in [0.1, 0.15) is 0 Å². The average Bonchev–Trinajstić information content (AvgIpc) is 2.80. The molecule has 1 amide bonds. The highest BCUT2D eigenvalue weighted by Gasteiger charge is 2.33. The van der Waals surface area contributed by atoms with E-state index in [2.05, 4.69) is 6.07 Å². The maximum absolute atomic E-state index is 13.2. The van der Waals surface area contributed by atoms with Crippen molar-refractivity contribution in [2.24, 2.45) is 0 Å². The Morgan fingerprint density at radius 2 is 1.60 bits per heavy atom. The standard InChI is InChI=1S/C22H26N4O3S/c1-19(22(27)26(14-8-13-23)20-9-4-2-5-10-20)24-15-17-25(18-16-24)30(28,29)21-11-6-3-7-12-21/h2-7,9-12,19H,8,14-18H2,1H3/t19-/m0/s1. The topological polar surface area (TPSA) is 84.7 Å². The first-order valence-corrected chi connectivity index (χ1v) is 11.4. The fraction of sp³-hybridized carbons (Fsp3) is 0.364. The van der Waals surface area contributed by atoms with E-state index >= 15 is 0 Å². The molecule has 2 aromatic rings.